The molecule has 0 unspecified atom stereocenters. The van der Waals surface area contributed by atoms with Crippen LogP contribution < -0.4 is 4.74 Å². The standard InChI is InChI=1S/C18H21NO/c1-20-17-11-9-16(10-12-17)18(15-7-3-4-8-15)19-13-5-2-6-14-19/h3-4,7-12H,2,5-6,13-14H2,1H3. The minimum absolute atomic E-state index is 0.911. The highest BCUT2D eigenvalue weighted by atomic mass is 16.5. The maximum absolute atomic E-state index is 5.26. The number of allylic oxidation sites excluding steroid dienone is 5. The summed E-state index contributed by atoms with van der Waals surface area (Å²) in [6.45, 7) is 2.32. The first-order chi connectivity index (χ1) is 9.88. The van der Waals surface area contributed by atoms with Crippen molar-refractivity contribution in [2.75, 3.05) is 20.2 Å². The van der Waals surface area contributed by atoms with Gasteiger partial charge in [0.25, 0.3) is 0 Å². The third-order valence-electron chi connectivity index (χ3n) is 3.97. The molecule has 0 N–H and O–H groups in total. The lowest BCUT2D eigenvalue weighted by molar-refractivity contribution is 0.325. The highest BCUT2D eigenvalue weighted by molar-refractivity contribution is 5.74. The first-order valence-corrected chi connectivity index (χ1v) is 7.37. The minimum Gasteiger partial charge on any atom is -0.497 e. The van der Waals surface area contributed by atoms with Gasteiger partial charge in [-0.25, -0.2) is 0 Å². The molecule has 3 rings (SSSR count). The van der Waals surface area contributed by atoms with E-state index in [2.05, 4.69) is 41.3 Å². The molecule has 2 aliphatic rings. The van der Waals surface area contributed by atoms with Gasteiger partial charge in [-0.15, -0.1) is 0 Å². The molecule has 1 aromatic carbocycles. The molecule has 0 amide bonds. The Kier molecular flexibility index (Phi) is 3.91. The maximum Gasteiger partial charge on any atom is 0.118 e. The van der Waals surface area contributed by atoms with E-state index in [-0.39, 0.29) is 0 Å². The molecule has 20 heavy (non-hydrogen) atoms. The van der Waals surface area contributed by atoms with Gasteiger partial charge >= 0.3 is 0 Å². The fourth-order valence-electron chi connectivity index (χ4n) is 2.93. The first kappa shape index (κ1) is 13.0. The summed E-state index contributed by atoms with van der Waals surface area (Å²) in [4.78, 5) is 2.53. The van der Waals surface area contributed by atoms with Gasteiger partial charge in [0, 0.05) is 13.1 Å². The van der Waals surface area contributed by atoms with Gasteiger partial charge in [-0.2, -0.15) is 0 Å². The number of likely N-dealkylation sites (tertiary alicyclic amines) is 1. The van der Waals surface area contributed by atoms with Crippen LogP contribution in [0.25, 0.3) is 5.70 Å². The van der Waals surface area contributed by atoms with Gasteiger partial charge in [0.2, 0.25) is 0 Å². The van der Waals surface area contributed by atoms with Crippen molar-refractivity contribution in [2.24, 2.45) is 0 Å². The van der Waals surface area contributed by atoms with Crippen molar-refractivity contribution in [3.05, 3.63) is 59.7 Å². The summed E-state index contributed by atoms with van der Waals surface area (Å²) in [6, 6.07) is 8.41. The molecule has 1 aromatic rings. The molecule has 1 aliphatic heterocycles. The van der Waals surface area contributed by atoms with Crippen molar-refractivity contribution in [2.45, 2.75) is 19.3 Å². The molecule has 1 saturated heterocycles. The first-order valence-electron chi connectivity index (χ1n) is 7.37. The highest BCUT2D eigenvalue weighted by Gasteiger charge is 2.18. The number of nitrogens with zero attached hydrogens (tertiary/aromatic N) is 1. The molecule has 2 heteroatoms. The number of ether oxygens (including phenoxy) is 1. The third-order valence-corrected chi connectivity index (χ3v) is 3.97. The summed E-state index contributed by atoms with van der Waals surface area (Å²) < 4.78 is 5.26. The Morgan fingerprint density at radius 1 is 0.950 bits per heavy atom. The Morgan fingerprint density at radius 3 is 2.20 bits per heavy atom. The molecule has 1 aliphatic carbocycles. The number of hydrogen-bond donors (Lipinski definition) is 0. The molecule has 2 nitrogen and oxygen atoms in total. The number of methoxy groups -OCH3 is 1. The minimum atomic E-state index is 0.911. The molecule has 0 spiro atoms. The van der Waals surface area contributed by atoms with Gasteiger partial charge in [0.1, 0.15) is 5.75 Å². The average molecular weight is 267 g/mol. The zero-order valence-corrected chi connectivity index (χ0v) is 12.0. The van der Waals surface area contributed by atoms with Crippen LogP contribution in [0.2, 0.25) is 0 Å². The van der Waals surface area contributed by atoms with Crippen LogP contribution >= 0.6 is 0 Å². The topological polar surface area (TPSA) is 12.5 Å². The fraction of sp³-hybridized carbons (Fsp3) is 0.333. The number of benzene rings is 1. The smallest absolute Gasteiger partial charge is 0.118 e. The van der Waals surface area contributed by atoms with E-state index in [4.69, 9.17) is 4.74 Å². The van der Waals surface area contributed by atoms with Crippen LogP contribution in [0.4, 0.5) is 0 Å². The Balaban J connectivity index is 1.98. The van der Waals surface area contributed by atoms with Crippen molar-refractivity contribution in [3.8, 4) is 5.75 Å². The van der Waals surface area contributed by atoms with E-state index < -0.39 is 0 Å². The summed E-state index contributed by atoms with van der Waals surface area (Å²) in [5, 5.41) is 0. The van der Waals surface area contributed by atoms with Crippen LogP contribution in [0.15, 0.2) is 54.1 Å². The largest absolute Gasteiger partial charge is 0.497 e. The molecular formula is C18H21NO. The van der Waals surface area contributed by atoms with E-state index in [9.17, 15) is 0 Å². The summed E-state index contributed by atoms with van der Waals surface area (Å²) in [6.07, 6.45) is 12.6. The third kappa shape index (κ3) is 2.64. The van der Waals surface area contributed by atoms with E-state index in [0.717, 1.165) is 18.8 Å². The van der Waals surface area contributed by atoms with Crippen LogP contribution in [0.1, 0.15) is 24.8 Å². The second-order valence-electron chi connectivity index (χ2n) is 5.30. The van der Waals surface area contributed by atoms with E-state index >= 15 is 0 Å². The van der Waals surface area contributed by atoms with E-state index in [1.165, 1.54) is 36.1 Å². The molecule has 0 aromatic heterocycles. The van der Waals surface area contributed by atoms with Crippen LogP contribution in [0.5, 0.6) is 5.75 Å². The summed E-state index contributed by atoms with van der Waals surface area (Å²) in [7, 11) is 1.71. The maximum atomic E-state index is 5.26. The molecule has 104 valence electrons. The molecule has 1 fully saturated rings. The van der Waals surface area contributed by atoms with Gasteiger partial charge in [-0.05, 0) is 54.7 Å². The second kappa shape index (κ2) is 6.00. The summed E-state index contributed by atoms with van der Waals surface area (Å²) in [5.41, 5.74) is 3.95. The van der Waals surface area contributed by atoms with Crippen molar-refractivity contribution in [1.29, 1.82) is 0 Å². The lowest BCUT2D eigenvalue weighted by atomic mass is 10.0. The summed E-state index contributed by atoms with van der Waals surface area (Å²) in [5.74, 6) is 0.911. The van der Waals surface area contributed by atoms with Crippen LogP contribution in [0, 0.1) is 0 Å². The Bertz CT molecular complexity index is 531. The Hall–Kier alpha value is -1.96. The number of hydrogen-bond acceptors (Lipinski definition) is 2. The molecule has 0 bridgehead atoms. The molecule has 0 radical (unpaired) electrons. The summed E-state index contributed by atoms with van der Waals surface area (Å²) >= 11 is 0. The zero-order chi connectivity index (χ0) is 13.8. The predicted octanol–water partition coefficient (Wildman–Crippen LogP) is 4.02. The second-order valence-corrected chi connectivity index (χ2v) is 5.30. The zero-order valence-electron chi connectivity index (χ0n) is 12.0. The molecular weight excluding hydrogens is 246 g/mol. The quantitative estimate of drug-likeness (QED) is 0.820. The molecule has 0 saturated carbocycles. The van der Waals surface area contributed by atoms with Crippen LogP contribution in [-0.2, 0) is 0 Å². The fourth-order valence-corrected chi connectivity index (χ4v) is 2.93. The lowest BCUT2D eigenvalue weighted by Gasteiger charge is -2.32. The van der Waals surface area contributed by atoms with Crippen molar-refractivity contribution >= 4 is 5.70 Å². The van der Waals surface area contributed by atoms with Crippen LogP contribution in [-0.4, -0.2) is 25.1 Å². The Labute approximate surface area is 121 Å². The lowest BCUT2D eigenvalue weighted by Crippen LogP contribution is -2.29. The van der Waals surface area contributed by atoms with Gasteiger partial charge in [-0.3, -0.25) is 0 Å². The average Bonchev–Trinajstić information content (AvgIpc) is 3.03. The van der Waals surface area contributed by atoms with E-state index in [0.29, 0.717) is 0 Å². The number of rotatable bonds is 3. The highest BCUT2D eigenvalue weighted by Crippen LogP contribution is 2.30. The van der Waals surface area contributed by atoms with Gasteiger partial charge < -0.3 is 9.64 Å². The predicted molar refractivity (Wildman–Crippen MR) is 83.6 cm³/mol. The van der Waals surface area contributed by atoms with Gasteiger partial charge in [0.05, 0.1) is 12.8 Å². The van der Waals surface area contributed by atoms with Crippen molar-refractivity contribution in [1.82, 2.24) is 4.90 Å². The monoisotopic (exact) mass is 267 g/mol. The van der Waals surface area contributed by atoms with E-state index in [1.54, 1.807) is 7.11 Å². The van der Waals surface area contributed by atoms with Crippen LogP contribution in [0.3, 0.4) is 0 Å². The molecule has 0 atom stereocenters. The Morgan fingerprint density at radius 2 is 1.60 bits per heavy atom. The van der Waals surface area contributed by atoms with Crippen molar-refractivity contribution < 1.29 is 4.74 Å². The number of piperidine rings is 1. The van der Waals surface area contributed by atoms with Crippen molar-refractivity contribution in [3.63, 3.8) is 0 Å². The van der Waals surface area contributed by atoms with Gasteiger partial charge in [0.15, 0.2) is 0 Å². The SMILES string of the molecule is COc1ccc(C(=C2C=CC=C2)N2CCCCC2)cc1. The molecule has 1 heterocycles. The van der Waals surface area contributed by atoms with E-state index in [1.807, 2.05) is 12.1 Å². The van der Waals surface area contributed by atoms with Gasteiger partial charge in [-0.1, -0.05) is 24.3 Å². The normalized spacial score (nSPS) is 17.6.